The van der Waals surface area contributed by atoms with Crippen molar-refractivity contribution in [3.8, 4) is 11.6 Å². The van der Waals surface area contributed by atoms with Gasteiger partial charge in [-0.3, -0.25) is 0 Å². The van der Waals surface area contributed by atoms with Gasteiger partial charge in [0.2, 0.25) is 5.88 Å². The molecule has 1 aromatic heterocycles. The lowest BCUT2D eigenvalue weighted by molar-refractivity contribution is 0.248. The van der Waals surface area contributed by atoms with Crippen LogP contribution in [0.3, 0.4) is 0 Å². The van der Waals surface area contributed by atoms with Crippen LogP contribution in [0.2, 0.25) is 0 Å². The molecule has 0 unspecified atom stereocenters. The van der Waals surface area contributed by atoms with Crippen molar-refractivity contribution in [3.63, 3.8) is 0 Å². The van der Waals surface area contributed by atoms with E-state index in [0.717, 1.165) is 24.1 Å². The first-order chi connectivity index (χ1) is 13.8. The van der Waals surface area contributed by atoms with Gasteiger partial charge in [-0.1, -0.05) is 61.9 Å². The molecule has 0 saturated carbocycles. The number of ether oxygens (including phenoxy) is 1. The number of rotatable bonds is 7. The van der Waals surface area contributed by atoms with Gasteiger partial charge in [0.1, 0.15) is 0 Å². The van der Waals surface area contributed by atoms with E-state index >= 15 is 0 Å². The zero-order valence-corrected chi connectivity index (χ0v) is 15.9. The van der Waals surface area contributed by atoms with Crippen LogP contribution in [0, 0.1) is 0 Å². The first kappa shape index (κ1) is 19.4. The Morgan fingerprint density at radius 1 is 1.11 bits per heavy atom. The van der Waals surface area contributed by atoms with Crippen LogP contribution in [0.15, 0.2) is 77.9 Å². The van der Waals surface area contributed by atoms with Crippen molar-refractivity contribution in [2.24, 2.45) is 4.99 Å². The van der Waals surface area contributed by atoms with Crippen molar-refractivity contribution >= 4 is 6.03 Å². The molecule has 0 aliphatic heterocycles. The predicted octanol–water partition coefficient (Wildman–Crippen LogP) is 3.86. The molecule has 0 spiro atoms. The second-order valence-corrected chi connectivity index (χ2v) is 6.26. The predicted molar refractivity (Wildman–Crippen MR) is 108 cm³/mol. The molecule has 0 fully saturated rings. The van der Waals surface area contributed by atoms with Crippen LogP contribution in [-0.2, 0) is 6.54 Å². The van der Waals surface area contributed by atoms with Crippen molar-refractivity contribution in [3.05, 3.63) is 83.8 Å². The highest BCUT2D eigenvalue weighted by molar-refractivity contribution is 5.74. The summed E-state index contributed by atoms with van der Waals surface area (Å²) in [4.78, 5) is 16.3. The summed E-state index contributed by atoms with van der Waals surface area (Å²) in [6, 6.07) is 20.7. The molecule has 0 radical (unpaired) electrons. The van der Waals surface area contributed by atoms with Crippen LogP contribution in [0.25, 0.3) is 5.69 Å². The average molecular weight is 376 g/mol. The average Bonchev–Trinajstić information content (AvgIpc) is 2.74. The third kappa shape index (κ3) is 5.54. The van der Waals surface area contributed by atoms with E-state index in [0.29, 0.717) is 24.4 Å². The van der Waals surface area contributed by atoms with Gasteiger partial charge >= 0.3 is 6.03 Å². The number of hydrogen-bond donors (Lipinski definition) is 1. The highest BCUT2D eigenvalue weighted by Crippen LogP contribution is 2.14. The fourth-order valence-electron chi connectivity index (χ4n) is 2.58. The number of benzene rings is 2. The van der Waals surface area contributed by atoms with Gasteiger partial charge < -0.3 is 10.1 Å². The Balaban J connectivity index is 1.79. The second kappa shape index (κ2) is 10.1. The Hall–Kier alpha value is -3.41. The molecule has 2 aromatic carbocycles. The minimum atomic E-state index is -0.414. The van der Waals surface area contributed by atoms with Crippen molar-refractivity contribution in [2.45, 2.75) is 26.3 Å². The largest absolute Gasteiger partial charge is 0.478 e. The van der Waals surface area contributed by atoms with Gasteiger partial charge in [-0.25, -0.2) is 9.48 Å². The maximum absolute atomic E-state index is 12.2. The standard InChI is InChI=1S/C22H24N4O2/c1-2-3-14-28-21-15-19(17-24-26(21)20-12-8-5-9-13-20)25-22(27)23-16-18-10-6-4-7-11-18/h4-13,15,17H,2-3,14,16H2,1H3,(H,23,27)/b25-19+. The summed E-state index contributed by atoms with van der Waals surface area (Å²) in [5, 5.41) is 7.65. The van der Waals surface area contributed by atoms with Gasteiger partial charge in [0, 0.05) is 12.6 Å². The van der Waals surface area contributed by atoms with Crippen LogP contribution in [0.1, 0.15) is 25.3 Å². The number of unbranched alkanes of at least 4 members (excludes halogenated alkanes) is 1. The van der Waals surface area contributed by atoms with Crippen molar-refractivity contribution in [2.75, 3.05) is 6.61 Å². The zero-order valence-electron chi connectivity index (χ0n) is 15.9. The molecule has 2 amide bonds. The molecule has 1 heterocycles. The lowest BCUT2D eigenvalue weighted by Crippen LogP contribution is -2.22. The number of amides is 2. The fourth-order valence-corrected chi connectivity index (χ4v) is 2.58. The van der Waals surface area contributed by atoms with Gasteiger partial charge in [0.05, 0.1) is 23.8 Å². The van der Waals surface area contributed by atoms with Crippen molar-refractivity contribution in [1.29, 1.82) is 0 Å². The third-order valence-corrected chi connectivity index (χ3v) is 4.05. The number of urea groups is 1. The minimum absolute atomic E-state index is 0.414. The fraction of sp³-hybridized carbons (Fsp3) is 0.227. The number of nitrogens with one attached hydrogen (secondary N) is 1. The lowest BCUT2D eigenvalue weighted by atomic mass is 10.2. The molecule has 0 aliphatic rings. The van der Waals surface area contributed by atoms with Crippen LogP contribution < -0.4 is 15.4 Å². The Bertz CT molecular complexity index is 953. The molecule has 0 saturated heterocycles. The van der Waals surface area contributed by atoms with E-state index in [-0.39, 0.29) is 0 Å². The molecule has 6 heteroatoms. The van der Waals surface area contributed by atoms with Gasteiger partial charge in [0.15, 0.2) is 0 Å². The maximum atomic E-state index is 12.2. The summed E-state index contributed by atoms with van der Waals surface area (Å²) in [6.45, 7) is 3.11. The first-order valence-corrected chi connectivity index (χ1v) is 9.40. The van der Waals surface area contributed by atoms with Crippen LogP contribution in [0.5, 0.6) is 5.88 Å². The van der Waals surface area contributed by atoms with E-state index in [1.54, 1.807) is 16.9 Å². The molecule has 28 heavy (non-hydrogen) atoms. The summed E-state index contributed by atoms with van der Waals surface area (Å²) in [7, 11) is 0. The molecule has 0 aliphatic carbocycles. The second-order valence-electron chi connectivity index (χ2n) is 6.26. The topological polar surface area (TPSA) is 68.5 Å². The molecule has 3 rings (SSSR count). The normalized spacial score (nSPS) is 11.2. The summed E-state index contributed by atoms with van der Waals surface area (Å²) in [6.07, 6.45) is 3.53. The van der Waals surface area contributed by atoms with E-state index in [1.807, 2.05) is 60.7 Å². The van der Waals surface area contributed by atoms with Crippen molar-refractivity contribution in [1.82, 2.24) is 15.1 Å². The van der Waals surface area contributed by atoms with E-state index in [1.165, 1.54) is 0 Å². The Kier molecular flexibility index (Phi) is 6.95. The number of carbonyl (C=O) groups excluding carboxylic acids is 1. The SMILES string of the molecule is CCCCOc1c/c(=N\C(=O)NCc2ccccc2)cnn1-c1ccccc1. The minimum Gasteiger partial charge on any atom is -0.478 e. The summed E-state index contributed by atoms with van der Waals surface area (Å²) in [5.41, 5.74) is 1.90. The van der Waals surface area contributed by atoms with E-state index in [2.05, 4.69) is 22.3 Å². The highest BCUT2D eigenvalue weighted by atomic mass is 16.5. The number of hydrogen-bond acceptors (Lipinski definition) is 3. The third-order valence-electron chi connectivity index (χ3n) is 4.05. The smallest absolute Gasteiger partial charge is 0.341 e. The van der Waals surface area contributed by atoms with E-state index in [9.17, 15) is 4.79 Å². The zero-order chi connectivity index (χ0) is 19.6. The number of nitrogens with zero attached hydrogens (tertiary/aromatic N) is 3. The Labute approximate surface area is 164 Å². The van der Waals surface area contributed by atoms with Crippen LogP contribution >= 0.6 is 0 Å². The summed E-state index contributed by atoms with van der Waals surface area (Å²) in [5.74, 6) is 0.553. The van der Waals surface area contributed by atoms with Gasteiger partial charge in [-0.15, -0.1) is 0 Å². The van der Waals surface area contributed by atoms with Gasteiger partial charge in [-0.05, 0) is 24.1 Å². The highest BCUT2D eigenvalue weighted by Gasteiger charge is 2.06. The quantitative estimate of drug-likeness (QED) is 0.637. The molecular formula is C22H24N4O2. The number of aromatic nitrogens is 2. The first-order valence-electron chi connectivity index (χ1n) is 9.40. The molecule has 144 valence electrons. The molecule has 0 atom stereocenters. The molecule has 3 aromatic rings. The van der Waals surface area contributed by atoms with Gasteiger partial charge in [-0.2, -0.15) is 10.1 Å². The van der Waals surface area contributed by atoms with Crippen molar-refractivity contribution < 1.29 is 9.53 Å². The summed E-state index contributed by atoms with van der Waals surface area (Å²) < 4.78 is 7.60. The van der Waals surface area contributed by atoms with Crippen LogP contribution in [-0.4, -0.2) is 22.4 Å². The Morgan fingerprint density at radius 3 is 2.54 bits per heavy atom. The number of para-hydroxylation sites is 1. The maximum Gasteiger partial charge on any atom is 0.341 e. The Morgan fingerprint density at radius 2 is 1.82 bits per heavy atom. The molecular weight excluding hydrogens is 352 g/mol. The number of carbonyl (C=O) groups is 1. The molecule has 0 bridgehead atoms. The van der Waals surface area contributed by atoms with E-state index < -0.39 is 6.03 Å². The lowest BCUT2D eigenvalue weighted by Gasteiger charge is -2.13. The van der Waals surface area contributed by atoms with Gasteiger partial charge in [0.25, 0.3) is 0 Å². The molecule has 1 N–H and O–H groups in total. The monoisotopic (exact) mass is 376 g/mol. The van der Waals surface area contributed by atoms with E-state index in [4.69, 9.17) is 4.74 Å². The summed E-state index contributed by atoms with van der Waals surface area (Å²) >= 11 is 0. The van der Waals surface area contributed by atoms with Crippen LogP contribution in [0.4, 0.5) is 4.79 Å². The molecule has 6 nitrogen and oxygen atoms in total.